The van der Waals surface area contributed by atoms with E-state index in [1.54, 1.807) is 0 Å². The molecule has 0 saturated heterocycles. The van der Waals surface area contributed by atoms with Crippen LogP contribution in [0.25, 0.3) is 27.5 Å². The number of nitrogens with one attached hydrogen (secondary N) is 1. The van der Waals surface area contributed by atoms with Gasteiger partial charge in [0.25, 0.3) is 0 Å². The Hall–Kier alpha value is -2.19. The van der Waals surface area contributed by atoms with Gasteiger partial charge in [0, 0.05) is 33.7 Å². The van der Waals surface area contributed by atoms with Gasteiger partial charge in [-0.1, -0.05) is 23.7 Å². The molecule has 19 heavy (non-hydrogen) atoms. The maximum Gasteiger partial charge on any atom is 0.0549 e. The molecule has 92 valence electrons. The second-order valence-electron chi connectivity index (χ2n) is 4.57. The Balaban J connectivity index is 2.10. The van der Waals surface area contributed by atoms with E-state index < -0.39 is 0 Å². The zero-order valence-corrected chi connectivity index (χ0v) is 10.9. The number of rotatable bonds is 1. The van der Waals surface area contributed by atoms with E-state index in [1.165, 1.54) is 5.39 Å². The molecule has 0 saturated carbocycles. The average molecular weight is 267 g/mol. The maximum absolute atomic E-state index is 6.24. The van der Waals surface area contributed by atoms with Crippen LogP contribution in [0.15, 0.2) is 60.9 Å². The Morgan fingerprint density at radius 1 is 0.895 bits per heavy atom. The van der Waals surface area contributed by atoms with Crippen molar-refractivity contribution in [2.75, 3.05) is 0 Å². The second-order valence-corrected chi connectivity index (χ2v) is 4.98. The van der Waals surface area contributed by atoms with Gasteiger partial charge in [0.1, 0.15) is 0 Å². The lowest BCUT2D eigenvalue weighted by molar-refractivity contribution is 1.14. The predicted molar refractivity (Wildman–Crippen MR) is 80.1 cm³/mol. The SMILES string of the molecule is Clc1cccc2c1ccn2-c1cccc2[nH]ccc12. The van der Waals surface area contributed by atoms with Crippen molar-refractivity contribution in [2.45, 2.75) is 0 Å². The largest absolute Gasteiger partial charge is 0.361 e. The van der Waals surface area contributed by atoms with E-state index in [0.717, 1.165) is 27.1 Å². The summed E-state index contributed by atoms with van der Waals surface area (Å²) in [6.45, 7) is 0. The molecule has 0 unspecified atom stereocenters. The van der Waals surface area contributed by atoms with Gasteiger partial charge in [-0.15, -0.1) is 0 Å². The average Bonchev–Trinajstić information content (AvgIpc) is 3.05. The van der Waals surface area contributed by atoms with Crippen LogP contribution in [0.2, 0.25) is 5.02 Å². The molecule has 3 heteroatoms. The summed E-state index contributed by atoms with van der Waals surface area (Å²) < 4.78 is 2.18. The number of aromatic nitrogens is 2. The highest BCUT2D eigenvalue weighted by Gasteiger charge is 2.08. The second kappa shape index (κ2) is 3.90. The van der Waals surface area contributed by atoms with Crippen LogP contribution in [0.3, 0.4) is 0 Å². The number of H-pyrrole nitrogens is 1. The highest BCUT2D eigenvalue weighted by atomic mass is 35.5. The van der Waals surface area contributed by atoms with Crippen molar-refractivity contribution in [3.05, 3.63) is 65.9 Å². The standard InChI is InChI=1S/C16H11ClN2/c17-13-3-1-5-15-11(13)8-10-19(15)16-6-2-4-14-12(16)7-9-18-14/h1-10,18H. The zero-order chi connectivity index (χ0) is 12.8. The third kappa shape index (κ3) is 1.50. The van der Waals surface area contributed by atoms with Crippen molar-refractivity contribution in [1.82, 2.24) is 9.55 Å². The Kier molecular flexibility index (Phi) is 2.20. The van der Waals surface area contributed by atoms with E-state index in [4.69, 9.17) is 11.6 Å². The van der Waals surface area contributed by atoms with Gasteiger partial charge in [0.15, 0.2) is 0 Å². The summed E-state index contributed by atoms with van der Waals surface area (Å²) >= 11 is 6.24. The molecule has 2 heterocycles. The number of fused-ring (bicyclic) bond motifs is 2. The first-order valence-electron chi connectivity index (χ1n) is 6.17. The summed E-state index contributed by atoms with van der Waals surface area (Å²) in [7, 11) is 0. The fourth-order valence-electron chi connectivity index (χ4n) is 2.62. The van der Waals surface area contributed by atoms with Gasteiger partial charge in [-0.2, -0.15) is 0 Å². The quantitative estimate of drug-likeness (QED) is 0.513. The normalized spacial score (nSPS) is 11.4. The molecular formula is C16H11ClN2. The molecule has 0 radical (unpaired) electrons. The maximum atomic E-state index is 6.24. The number of nitrogens with zero attached hydrogens (tertiary/aromatic N) is 1. The van der Waals surface area contributed by atoms with Gasteiger partial charge in [0.05, 0.1) is 11.2 Å². The molecule has 2 aromatic heterocycles. The summed E-state index contributed by atoms with van der Waals surface area (Å²) in [5, 5.41) is 3.08. The molecular weight excluding hydrogens is 256 g/mol. The van der Waals surface area contributed by atoms with Crippen molar-refractivity contribution in [3.8, 4) is 5.69 Å². The Bertz CT molecular complexity index is 886. The number of hydrogen-bond acceptors (Lipinski definition) is 0. The molecule has 4 aromatic rings. The van der Waals surface area contributed by atoms with Crippen LogP contribution in [0.1, 0.15) is 0 Å². The lowest BCUT2D eigenvalue weighted by atomic mass is 10.2. The summed E-state index contributed by atoms with van der Waals surface area (Å²) in [5.41, 5.74) is 3.43. The van der Waals surface area contributed by atoms with Gasteiger partial charge >= 0.3 is 0 Å². The highest BCUT2D eigenvalue weighted by molar-refractivity contribution is 6.35. The monoisotopic (exact) mass is 266 g/mol. The summed E-state index contributed by atoms with van der Waals surface area (Å²) in [5.74, 6) is 0. The third-order valence-corrected chi connectivity index (χ3v) is 3.84. The minimum Gasteiger partial charge on any atom is -0.361 e. The molecule has 0 bridgehead atoms. The van der Waals surface area contributed by atoms with Crippen molar-refractivity contribution in [3.63, 3.8) is 0 Å². The number of hydrogen-bond donors (Lipinski definition) is 1. The minimum atomic E-state index is 0.789. The fraction of sp³-hybridized carbons (Fsp3) is 0. The molecule has 0 aliphatic heterocycles. The van der Waals surface area contributed by atoms with Gasteiger partial charge in [-0.25, -0.2) is 0 Å². The molecule has 4 rings (SSSR count). The molecule has 0 fully saturated rings. The topological polar surface area (TPSA) is 20.7 Å². The first-order valence-corrected chi connectivity index (χ1v) is 6.54. The van der Waals surface area contributed by atoms with Crippen LogP contribution >= 0.6 is 11.6 Å². The van der Waals surface area contributed by atoms with Crippen LogP contribution in [0, 0.1) is 0 Å². The van der Waals surface area contributed by atoms with Crippen molar-refractivity contribution in [2.24, 2.45) is 0 Å². The van der Waals surface area contributed by atoms with Crippen LogP contribution in [0.4, 0.5) is 0 Å². The van der Waals surface area contributed by atoms with E-state index in [0.29, 0.717) is 0 Å². The van der Waals surface area contributed by atoms with Crippen LogP contribution < -0.4 is 0 Å². The lowest BCUT2D eigenvalue weighted by Gasteiger charge is -2.07. The van der Waals surface area contributed by atoms with E-state index in [1.807, 2.05) is 18.3 Å². The molecule has 0 amide bonds. The van der Waals surface area contributed by atoms with Crippen LogP contribution in [0.5, 0.6) is 0 Å². The first kappa shape index (κ1) is 10.7. The van der Waals surface area contributed by atoms with E-state index in [2.05, 4.69) is 52.1 Å². The lowest BCUT2D eigenvalue weighted by Crippen LogP contribution is -1.92. The molecule has 2 nitrogen and oxygen atoms in total. The van der Waals surface area contributed by atoms with Crippen LogP contribution in [-0.4, -0.2) is 9.55 Å². The minimum absolute atomic E-state index is 0.789. The third-order valence-electron chi connectivity index (χ3n) is 3.51. The van der Waals surface area contributed by atoms with E-state index in [-0.39, 0.29) is 0 Å². The Morgan fingerprint density at radius 3 is 2.74 bits per heavy atom. The zero-order valence-electron chi connectivity index (χ0n) is 10.1. The van der Waals surface area contributed by atoms with Gasteiger partial charge in [0.2, 0.25) is 0 Å². The highest BCUT2D eigenvalue weighted by Crippen LogP contribution is 2.29. The predicted octanol–water partition coefficient (Wildman–Crippen LogP) is 4.77. The molecule has 1 N–H and O–H groups in total. The summed E-state index contributed by atoms with van der Waals surface area (Å²) in [6, 6.07) is 16.4. The Morgan fingerprint density at radius 2 is 1.79 bits per heavy atom. The van der Waals surface area contributed by atoms with E-state index >= 15 is 0 Å². The summed E-state index contributed by atoms with van der Waals surface area (Å²) in [6.07, 6.45) is 4.03. The number of halogens is 1. The molecule has 2 aromatic carbocycles. The van der Waals surface area contributed by atoms with Gasteiger partial charge in [-0.05, 0) is 36.4 Å². The molecule has 0 aliphatic carbocycles. The van der Waals surface area contributed by atoms with Gasteiger partial charge < -0.3 is 9.55 Å². The molecule has 0 spiro atoms. The Labute approximate surface area is 115 Å². The first-order chi connectivity index (χ1) is 9.34. The van der Waals surface area contributed by atoms with Crippen molar-refractivity contribution < 1.29 is 0 Å². The van der Waals surface area contributed by atoms with Crippen molar-refractivity contribution in [1.29, 1.82) is 0 Å². The number of benzene rings is 2. The van der Waals surface area contributed by atoms with Crippen molar-refractivity contribution >= 4 is 33.4 Å². The number of aromatic amines is 1. The fourth-order valence-corrected chi connectivity index (χ4v) is 2.85. The smallest absolute Gasteiger partial charge is 0.0549 e. The van der Waals surface area contributed by atoms with Crippen LogP contribution in [-0.2, 0) is 0 Å². The van der Waals surface area contributed by atoms with Gasteiger partial charge in [-0.3, -0.25) is 0 Å². The van der Waals surface area contributed by atoms with E-state index in [9.17, 15) is 0 Å². The molecule has 0 aliphatic rings. The molecule has 0 atom stereocenters. The summed E-state index contributed by atoms with van der Waals surface area (Å²) in [4.78, 5) is 3.24.